The molecule has 0 aromatic heterocycles. The summed E-state index contributed by atoms with van der Waals surface area (Å²) in [6.07, 6.45) is 7.57. The summed E-state index contributed by atoms with van der Waals surface area (Å²) in [5, 5.41) is 2.64. The van der Waals surface area contributed by atoms with Gasteiger partial charge < -0.3 is 5.32 Å². The lowest BCUT2D eigenvalue weighted by Gasteiger charge is -2.04. The molecule has 6 heteroatoms. The predicted molar refractivity (Wildman–Crippen MR) is 72.0 cm³/mol. The topological polar surface area (TPSA) is 83.5 Å². The zero-order valence-corrected chi connectivity index (χ0v) is 12.0. The van der Waals surface area contributed by atoms with Gasteiger partial charge in [-0.05, 0) is 12.8 Å². The highest BCUT2D eigenvalue weighted by atomic mass is 32.2. The van der Waals surface area contributed by atoms with E-state index in [0.717, 1.165) is 12.8 Å². The van der Waals surface area contributed by atoms with Crippen LogP contribution < -0.4 is 5.32 Å². The summed E-state index contributed by atoms with van der Waals surface area (Å²) in [5.74, 6) is -0.342. The Morgan fingerprint density at radius 2 is 1.67 bits per heavy atom. The molecule has 2 N–H and O–H groups in total. The van der Waals surface area contributed by atoms with E-state index in [1.165, 1.54) is 25.7 Å². The van der Waals surface area contributed by atoms with Crippen molar-refractivity contribution >= 4 is 16.0 Å². The van der Waals surface area contributed by atoms with Crippen LogP contribution in [0.15, 0.2) is 0 Å². The third-order valence-electron chi connectivity index (χ3n) is 2.66. The van der Waals surface area contributed by atoms with Gasteiger partial charge in [-0.3, -0.25) is 9.35 Å². The Hall–Kier alpha value is -0.620. The molecule has 0 bridgehead atoms. The first kappa shape index (κ1) is 17.4. The highest BCUT2D eigenvalue weighted by Crippen LogP contribution is 2.06. The standard InChI is InChI=1S/C12H25NO4S/c1-2-3-4-5-6-7-9-12(14)13-10-8-11-18(15,16)17/h2-11H2,1H3,(H,13,14)(H,15,16,17). The number of nitrogens with one attached hydrogen (secondary N) is 1. The van der Waals surface area contributed by atoms with Gasteiger partial charge in [-0.25, -0.2) is 0 Å². The first-order valence-corrected chi connectivity index (χ1v) is 8.28. The number of unbranched alkanes of at least 4 members (excludes halogenated alkanes) is 5. The average Bonchev–Trinajstić information content (AvgIpc) is 2.28. The van der Waals surface area contributed by atoms with E-state index in [1.807, 2.05) is 0 Å². The summed E-state index contributed by atoms with van der Waals surface area (Å²) in [5.41, 5.74) is 0. The van der Waals surface area contributed by atoms with Gasteiger partial charge in [-0.1, -0.05) is 39.0 Å². The Bertz CT molecular complexity index is 314. The summed E-state index contributed by atoms with van der Waals surface area (Å²) in [6, 6.07) is 0. The molecule has 0 radical (unpaired) electrons. The normalized spacial score (nSPS) is 11.4. The number of hydrogen-bond donors (Lipinski definition) is 2. The summed E-state index contributed by atoms with van der Waals surface area (Å²) in [4.78, 5) is 11.3. The minimum absolute atomic E-state index is 0.0409. The molecule has 0 aromatic rings. The van der Waals surface area contributed by atoms with E-state index in [9.17, 15) is 13.2 Å². The lowest BCUT2D eigenvalue weighted by molar-refractivity contribution is -0.121. The molecule has 0 rings (SSSR count). The maximum atomic E-state index is 11.3. The molecule has 0 aliphatic heterocycles. The van der Waals surface area contributed by atoms with E-state index in [1.54, 1.807) is 0 Å². The lowest BCUT2D eigenvalue weighted by Crippen LogP contribution is -2.25. The lowest BCUT2D eigenvalue weighted by atomic mass is 10.1. The van der Waals surface area contributed by atoms with Gasteiger partial charge in [0, 0.05) is 13.0 Å². The van der Waals surface area contributed by atoms with Gasteiger partial charge in [0.15, 0.2) is 0 Å². The van der Waals surface area contributed by atoms with Gasteiger partial charge in [0.1, 0.15) is 0 Å². The van der Waals surface area contributed by atoms with Gasteiger partial charge in [-0.15, -0.1) is 0 Å². The highest BCUT2D eigenvalue weighted by molar-refractivity contribution is 7.85. The van der Waals surface area contributed by atoms with Crippen LogP contribution >= 0.6 is 0 Å². The van der Waals surface area contributed by atoms with Crippen LogP contribution in [0.2, 0.25) is 0 Å². The molecular weight excluding hydrogens is 254 g/mol. The zero-order chi connectivity index (χ0) is 13.9. The van der Waals surface area contributed by atoms with E-state index < -0.39 is 10.1 Å². The molecule has 5 nitrogen and oxygen atoms in total. The van der Waals surface area contributed by atoms with Gasteiger partial charge in [-0.2, -0.15) is 8.42 Å². The second-order valence-electron chi connectivity index (χ2n) is 4.51. The molecule has 108 valence electrons. The first-order chi connectivity index (χ1) is 8.45. The maximum Gasteiger partial charge on any atom is 0.264 e. The maximum absolute atomic E-state index is 11.3. The van der Waals surface area contributed by atoms with Crippen molar-refractivity contribution in [3.63, 3.8) is 0 Å². The fourth-order valence-corrected chi connectivity index (χ4v) is 2.15. The smallest absolute Gasteiger partial charge is 0.264 e. The number of rotatable bonds is 11. The minimum Gasteiger partial charge on any atom is -0.356 e. The highest BCUT2D eigenvalue weighted by Gasteiger charge is 2.05. The Morgan fingerprint density at radius 1 is 1.06 bits per heavy atom. The summed E-state index contributed by atoms with van der Waals surface area (Å²) < 4.78 is 29.3. The van der Waals surface area contributed by atoms with Crippen molar-refractivity contribution in [2.75, 3.05) is 12.3 Å². The van der Waals surface area contributed by atoms with Gasteiger partial charge in [0.05, 0.1) is 5.75 Å². The fraction of sp³-hybridized carbons (Fsp3) is 0.917. The van der Waals surface area contributed by atoms with Crippen molar-refractivity contribution < 1.29 is 17.8 Å². The van der Waals surface area contributed by atoms with Crippen molar-refractivity contribution in [2.45, 2.75) is 58.3 Å². The van der Waals surface area contributed by atoms with Crippen LogP contribution in [0.3, 0.4) is 0 Å². The molecule has 0 heterocycles. The molecule has 0 saturated heterocycles. The number of carbonyl (C=O) groups is 1. The van der Waals surface area contributed by atoms with Crippen LogP contribution in [0.5, 0.6) is 0 Å². The molecule has 0 atom stereocenters. The first-order valence-electron chi connectivity index (χ1n) is 6.67. The largest absolute Gasteiger partial charge is 0.356 e. The fourth-order valence-electron chi connectivity index (χ4n) is 1.64. The zero-order valence-electron chi connectivity index (χ0n) is 11.2. The number of hydrogen-bond acceptors (Lipinski definition) is 3. The van der Waals surface area contributed by atoms with E-state index in [0.29, 0.717) is 13.0 Å². The number of amides is 1. The summed E-state index contributed by atoms with van der Waals surface area (Å²) >= 11 is 0. The van der Waals surface area contributed by atoms with E-state index >= 15 is 0 Å². The van der Waals surface area contributed by atoms with Crippen LogP contribution in [0.4, 0.5) is 0 Å². The van der Waals surface area contributed by atoms with Crippen LogP contribution in [-0.2, 0) is 14.9 Å². The third kappa shape index (κ3) is 13.4. The van der Waals surface area contributed by atoms with E-state index in [4.69, 9.17) is 4.55 Å². The second-order valence-corrected chi connectivity index (χ2v) is 6.08. The van der Waals surface area contributed by atoms with Crippen molar-refractivity contribution in [2.24, 2.45) is 0 Å². The molecule has 0 aromatic carbocycles. The van der Waals surface area contributed by atoms with Crippen LogP contribution in [0.25, 0.3) is 0 Å². The molecule has 18 heavy (non-hydrogen) atoms. The van der Waals surface area contributed by atoms with Gasteiger partial charge >= 0.3 is 0 Å². The van der Waals surface area contributed by atoms with Gasteiger partial charge in [0.2, 0.25) is 5.91 Å². The summed E-state index contributed by atoms with van der Waals surface area (Å²) in [7, 11) is -3.90. The molecular formula is C12H25NO4S. The molecule has 0 unspecified atom stereocenters. The second kappa shape index (κ2) is 10.3. The van der Waals surface area contributed by atoms with Crippen molar-refractivity contribution in [3.8, 4) is 0 Å². The van der Waals surface area contributed by atoms with Crippen molar-refractivity contribution in [1.29, 1.82) is 0 Å². The Balaban J connectivity index is 3.33. The molecule has 0 spiro atoms. The molecule has 0 saturated carbocycles. The SMILES string of the molecule is CCCCCCCCC(=O)NCCCS(=O)(=O)O. The van der Waals surface area contributed by atoms with Crippen molar-refractivity contribution in [1.82, 2.24) is 5.32 Å². The summed E-state index contributed by atoms with van der Waals surface area (Å²) in [6.45, 7) is 2.47. The Labute approximate surface area is 110 Å². The molecule has 1 amide bonds. The Kier molecular flexibility index (Phi) is 9.96. The van der Waals surface area contributed by atoms with Crippen LogP contribution in [0, 0.1) is 0 Å². The quantitative estimate of drug-likeness (QED) is 0.448. The van der Waals surface area contributed by atoms with Crippen LogP contribution in [-0.4, -0.2) is 31.2 Å². The minimum atomic E-state index is -3.90. The van der Waals surface area contributed by atoms with E-state index in [-0.39, 0.29) is 18.1 Å². The van der Waals surface area contributed by atoms with Gasteiger partial charge in [0.25, 0.3) is 10.1 Å². The average molecular weight is 279 g/mol. The van der Waals surface area contributed by atoms with E-state index in [2.05, 4.69) is 12.2 Å². The van der Waals surface area contributed by atoms with Crippen molar-refractivity contribution in [3.05, 3.63) is 0 Å². The molecule has 0 fully saturated rings. The Morgan fingerprint density at radius 3 is 2.28 bits per heavy atom. The van der Waals surface area contributed by atoms with Crippen LogP contribution in [0.1, 0.15) is 58.3 Å². The molecule has 0 aliphatic rings. The molecule has 0 aliphatic carbocycles. The predicted octanol–water partition coefficient (Wildman–Crippen LogP) is 2.13. The third-order valence-corrected chi connectivity index (χ3v) is 3.46. The number of carbonyl (C=O) groups excluding carboxylic acids is 1. The monoisotopic (exact) mass is 279 g/mol.